The van der Waals surface area contributed by atoms with Crippen LogP contribution in [0.25, 0.3) is 49.9 Å². The molecule has 2 aromatic heterocycles. The average Bonchev–Trinajstić information content (AvgIpc) is 2.42. The van der Waals surface area contributed by atoms with E-state index in [0.717, 1.165) is 16.7 Å². The highest BCUT2D eigenvalue weighted by atomic mass is 16.5. The topological polar surface area (TPSA) is 33.5 Å². The molecule has 0 bridgehead atoms. The lowest BCUT2D eigenvalue weighted by Gasteiger charge is -2.30. The molecule has 0 amide bonds. The average molecular weight is 868 g/mol. The third-order valence-corrected chi connectivity index (χ3v) is 11.7. The van der Waals surface area contributed by atoms with Crippen LogP contribution in [0.5, 0.6) is 11.5 Å². The van der Waals surface area contributed by atoms with E-state index in [-0.39, 0.29) is 86.1 Å². The molecule has 0 aliphatic carbocycles. The zero-order valence-corrected chi connectivity index (χ0v) is 37.8. The second kappa shape index (κ2) is 15.8. The molecule has 0 unspecified atom stereocenters. The first-order chi connectivity index (χ1) is 38.2. The number of rotatable bonds is 7. The van der Waals surface area contributed by atoms with Gasteiger partial charge in [0.25, 0.3) is 0 Å². The quantitative estimate of drug-likeness (QED) is 0.160. The van der Waals surface area contributed by atoms with Crippen molar-refractivity contribution < 1.29 is 28.0 Å². The molecule has 10 rings (SSSR count). The summed E-state index contributed by atoms with van der Waals surface area (Å²) in [6, 6.07) is 14.0. The first kappa shape index (κ1) is 26.6. The second-order valence-corrected chi connectivity index (χ2v) is 19.4. The van der Waals surface area contributed by atoms with Crippen LogP contribution in [0.15, 0.2) is 176 Å². The summed E-state index contributed by atoms with van der Waals surface area (Å²) in [7, 11) is 0. The molecule has 0 saturated heterocycles. The molecular weight excluding hydrogens is 793 g/mol. The number of nitrogens with zero attached hydrogens (tertiary/aromatic N) is 4. The van der Waals surface area contributed by atoms with E-state index >= 15 is 0 Å². The lowest BCUT2D eigenvalue weighted by atomic mass is 9.81. The molecule has 1 aliphatic rings. The van der Waals surface area contributed by atoms with Crippen molar-refractivity contribution >= 4 is 44.6 Å². The number of aromatic nitrogens is 2. The maximum atomic E-state index is 9.48. The smallest absolute Gasteiger partial charge is 0.137 e. The summed E-state index contributed by atoms with van der Waals surface area (Å²) < 4.78 is 162. The molecular formula is C60H58N4O. The van der Waals surface area contributed by atoms with E-state index in [9.17, 15) is 11.0 Å². The van der Waals surface area contributed by atoms with Crippen molar-refractivity contribution in [1.29, 1.82) is 0 Å². The fourth-order valence-electron chi connectivity index (χ4n) is 8.22. The van der Waals surface area contributed by atoms with Gasteiger partial charge in [0.2, 0.25) is 0 Å². The standard InChI is InChI=1S/C60H58N4O/c1-58(2,3)42-22-17-21-41(33-42)51-35-44(60(7,8)9)34-50(40-19-11-10-12-20-40)57(51)63-39-62(53-27-15-16-28-54(53)63)45-23-18-24-46(37-45)65-47-29-30-49-48-25-13-14-26-52(48)64(55(49)38-47)56-36-43(31-32-61-56)59(4,5)6/h10-38H,39H2,1-9H3/i10D,11D,12D,13D,14D,18D,19D,20D,23D,24D,25D,26D,29D,30D,31D,32D,36D. The molecule has 9 aromatic rings. The van der Waals surface area contributed by atoms with Crippen molar-refractivity contribution in [2.24, 2.45) is 0 Å². The van der Waals surface area contributed by atoms with Crippen molar-refractivity contribution in [3.8, 4) is 39.6 Å². The Kier molecular flexibility index (Phi) is 6.49. The molecule has 0 spiro atoms. The Balaban J connectivity index is 1.21. The molecule has 0 saturated carbocycles. The number of benzene rings is 7. The van der Waals surface area contributed by atoms with Gasteiger partial charge in [0.1, 0.15) is 24.0 Å². The van der Waals surface area contributed by atoms with E-state index in [2.05, 4.69) is 37.9 Å². The molecule has 5 heteroatoms. The highest BCUT2D eigenvalue weighted by molar-refractivity contribution is 6.09. The Bertz CT molecular complexity index is 4200. The van der Waals surface area contributed by atoms with E-state index in [1.165, 1.54) is 16.7 Å². The van der Waals surface area contributed by atoms with Crippen LogP contribution >= 0.6 is 0 Å². The van der Waals surface area contributed by atoms with Gasteiger partial charge < -0.3 is 14.5 Å². The summed E-state index contributed by atoms with van der Waals surface area (Å²) in [6.07, 6.45) is -0.517. The first-order valence-corrected chi connectivity index (χ1v) is 21.5. The Labute approximate surface area is 408 Å². The molecule has 65 heavy (non-hydrogen) atoms. The maximum Gasteiger partial charge on any atom is 0.137 e. The van der Waals surface area contributed by atoms with Gasteiger partial charge in [0.05, 0.1) is 51.4 Å². The summed E-state index contributed by atoms with van der Waals surface area (Å²) in [5.41, 5.74) is 3.51. The van der Waals surface area contributed by atoms with Gasteiger partial charge in [0.15, 0.2) is 0 Å². The van der Waals surface area contributed by atoms with Crippen molar-refractivity contribution in [1.82, 2.24) is 9.55 Å². The van der Waals surface area contributed by atoms with Gasteiger partial charge in [-0.25, -0.2) is 4.98 Å². The lowest BCUT2D eigenvalue weighted by Crippen LogP contribution is -2.25. The minimum Gasteiger partial charge on any atom is -0.457 e. The summed E-state index contributed by atoms with van der Waals surface area (Å²) in [6.45, 7) is 17.6. The monoisotopic (exact) mass is 868 g/mol. The summed E-state index contributed by atoms with van der Waals surface area (Å²) in [4.78, 5) is 8.02. The number of hydrogen-bond donors (Lipinski definition) is 0. The Hall–Kier alpha value is -7.11. The fourth-order valence-corrected chi connectivity index (χ4v) is 8.22. The predicted molar refractivity (Wildman–Crippen MR) is 274 cm³/mol. The minimum absolute atomic E-state index is 0.0211. The normalized spacial score (nSPS) is 16.8. The molecule has 5 nitrogen and oxygen atoms in total. The molecule has 324 valence electrons. The third kappa shape index (κ3) is 7.84. The molecule has 0 N–H and O–H groups in total. The van der Waals surface area contributed by atoms with E-state index in [4.69, 9.17) is 17.1 Å². The minimum atomic E-state index is -0.875. The van der Waals surface area contributed by atoms with Crippen molar-refractivity contribution in [3.05, 3.63) is 192 Å². The van der Waals surface area contributed by atoms with Crippen LogP contribution in [0.4, 0.5) is 22.7 Å². The number of ether oxygens (including phenoxy) is 1. The molecule has 7 aromatic carbocycles. The number of anilines is 4. The molecule has 0 atom stereocenters. The third-order valence-electron chi connectivity index (χ3n) is 11.7. The van der Waals surface area contributed by atoms with Gasteiger partial charge in [0, 0.05) is 45.9 Å². The van der Waals surface area contributed by atoms with Crippen molar-refractivity contribution in [2.75, 3.05) is 16.5 Å². The van der Waals surface area contributed by atoms with E-state index < -0.39 is 95.6 Å². The Morgan fingerprint density at radius 3 is 1.92 bits per heavy atom. The van der Waals surface area contributed by atoms with E-state index in [1.807, 2.05) is 68.1 Å². The Morgan fingerprint density at radius 1 is 0.523 bits per heavy atom. The molecule has 1 aliphatic heterocycles. The highest BCUT2D eigenvalue weighted by Crippen LogP contribution is 2.52. The number of pyridine rings is 1. The Morgan fingerprint density at radius 2 is 1.18 bits per heavy atom. The van der Waals surface area contributed by atoms with Crippen molar-refractivity contribution in [3.63, 3.8) is 0 Å². The van der Waals surface area contributed by atoms with Gasteiger partial charge in [-0.15, -0.1) is 0 Å². The fraction of sp³-hybridized carbons (Fsp3) is 0.217. The number of fused-ring (bicyclic) bond motifs is 4. The summed E-state index contributed by atoms with van der Waals surface area (Å²) >= 11 is 0. The number of para-hydroxylation sites is 3. The van der Waals surface area contributed by atoms with Crippen LogP contribution in [0, 0.1) is 0 Å². The van der Waals surface area contributed by atoms with Crippen molar-refractivity contribution in [2.45, 2.75) is 78.6 Å². The van der Waals surface area contributed by atoms with Crippen LogP contribution < -0.4 is 14.5 Å². The van der Waals surface area contributed by atoms with Crippen LogP contribution in [0.1, 0.15) is 102 Å². The number of hydrogen-bond acceptors (Lipinski definition) is 4. The predicted octanol–water partition coefficient (Wildman–Crippen LogP) is 16.4. The lowest BCUT2D eigenvalue weighted by molar-refractivity contribution is 0.483. The zero-order valence-electron chi connectivity index (χ0n) is 54.8. The second-order valence-electron chi connectivity index (χ2n) is 19.4. The molecule has 3 heterocycles. The van der Waals surface area contributed by atoms with Gasteiger partial charge in [-0.3, -0.25) is 4.57 Å². The zero-order chi connectivity index (χ0) is 60.0. The maximum absolute atomic E-state index is 9.48. The van der Waals surface area contributed by atoms with Gasteiger partial charge in [-0.05, 0) is 111 Å². The van der Waals surface area contributed by atoms with Crippen LogP contribution in [-0.2, 0) is 16.2 Å². The van der Waals surface area contributed by atoms with Crippen LogP contribution in [0.3, 0.4) is 0 Å². The van der Waals surface area contributed by atoms with Gasteiger partial charge in [-0.2, -0.15) is 0 Å². The van der Waals surface area contributed by atoms with Crippen LogP contribution in [-0.4, -0.2) is 16.2 Å². The largest absolute Gasteiger partial charge is 0.457 e. The molecule has 0 fully saturated rings. The summed E-state index contributed by atoms with van der Waals surface area (Å²) in [5.74, 6) is -0.965. The van der Waals surface area contributed by atoms with E-state index in [0.29, 0.717) is 28.2 Å². The first-order valence-electron chi connectivity index (χ1n) is 30.0. The summed E-state index contributed by atoms with van der Waals surface area (Å²) in [5, 5.41) is -0.280. The molecule has 0 radical (unpaired) electrons. The van der Waals surface area contributed by atoms with Gasteiger partial charge >= 0.3 is 0 Å². The van der Waals surface area contributed by atoms with Crippen LogP contribution in [0.2, 0.25) is 0 Å². The SMILES string of the molecule is [2H]c1nc(-n2c3cc(Oc4cc(N5CN(c6c(-c7cccc(C(C)(C)C)c7)cc(C(C)(C)C)cc6-c6c([2H])c([2H])c([2H])c([2H])c6[2H])c6ccccc65)c([2H])c([2H])c4[2H])c([2H])c([2H])c3c3c([2H])c([2H])c([2H])c([2H])c32)c([2H])c(C(C)(C)C)c1[2H]. The van der Waals surface area contributed by atoms with Gasteiger partial charge in [-0.1, -0.05) is 153 Å². The highest BCUT2D eigenvalue weighted by Gasteiger charge is 2.33. The van der Waals surface area contributed by atoms with E-state index in [1.54, 1.807) is 31.7 Å².